The van der Waals surface area contributed by atoms with Gasteiger partial charge in [-0.2, -0.15) is 18.2 Å². The highest BCUT2D eigenvalue weighted by Crippen LogP contribution is 2.30. The number of aromatic nitrogens is 5. The summed E-state index contributed by atoms with van der Waals surface area (Å²) in [5.74, 6) is -1.54. The summed E-state index contributed by atoms with van der Waals surface area (Å²) in [7, 11) is 0. The van der Waals surface area contributed by atoms with Gasteiger partial charge in [-0.1, -0.05) is 11.2 Å². The number of imidazole rings is 1. The van der Waals surface area contributed by atoms with E-state index < -0.39 is 12.1 Å². The van der Waals surface area contributed by atoms with E-state index in [1.807, 2.05) is 28.8 Å². The summed E-state index contributed by atoms with van der Waals surface area (Å²) in [4.78, 5) is 12.0. The Morgan fingerprint density at radius 3 is 2.67 bits per heavy atom. The number of rotatable bonds is 2. The first-order chi connectivity index (χ1) is 11.5. The Labute approximate surface area is 132 Å². The van der Waals surface area contributed by atoms with Gasteiger partial charge in [-0.05, 0) is 24.3 Å². The fourth-order valence-electron chi connectivity index (χ4n) is 2.22. The molecular formula is C15H8F3N5O. The molecule has 24 heavy (non-hydrogen) atoms. The van der Waals surface area contributed by atoms with Crippen molar-refractivity contribution in [3.05, 3.63) is 54.8 Å². The van der Waals surface area contributed by atoms with Gasteiger partial charge in [0.25, 0.3) is 0 Å². The zero-order valence-corrected chi connectivity index (χ0v) is 11.9. The van der Waals surface area contributed by atoms with Gasteiger partial charge in [-0.3, -0.25) is 4.98 Å². The molecule has 4 aromatic heterocycles. The molecule has 0 aliphatic heterocycles. The largest absolute Gasteiger partial charge is 0.471 e. The first-order valence-electron chi connectivity index (χ1n) is 6.82. The first-order valence-corrected chi connectivity index (χ1v) is 6.82. The summed E-state index contributed by atoms with van der Waals surface area (Å²) in [5.41, 5.74) is 2.17. The molecule has 4 heterocycles. The van der Waals surface area contributed by atoms with Crippen molar-refractivity contribution in [2.75, 3.05) is 0 Å². The van der Waals surface area contributed by atoms with Crippen molar-refractivity contribution in [3.63, 3.8) is 0 Å². The molecule has 0 aliphatic carbocycles. The average Bonchev–Trinajstić information content (AvgIpc) is 3.21. The van der Waals surface area contributed by atoms with Crippen molar-refractivity contribution in [2.45, 2.75) is 6.18 Å². The minimum Gasteiger partial charge on any atom is -0.329 e. The molecule has 0 saturated heterocycles. The van der Waals surface area contributed by atoms with E-state index in [4.69, 9.17) is 0 Å². The van der Waals surface area contributed by atoms with E-state index in [1.54, 1.807) is 12.3 Å². The fraction of sp³-hybridized carbons (Fsp3) is 0.0667. The Bertz CT molecular complexity index is 988. The highest BCUT2D eigenvalue weighted by molar-refractivity contribution is 5.65. The van der Waals surface area contributed by atoms with Crippen LogP contribution < -0.4 is 0 Å². The van der Waals surface area contributed by atoms with Crippen LogP contribution in [0.3, 0.4) is 0 Å². The van der Waals surface area contributed by atoms with Gasteiger partial charge >= 0.3 is 12.1 Å². The van der Waals surface area contributed by atoms with Crippen molar-refractivity contribution in [3.8, 4) is 22.8 Å². The molecule has 0 atom stereocenters. The lowest BCUT2D eigenvalue weighted by atomic mass is 10.2. The van der Waals surface area contributed by atoms with Gasteiger partial charge in [0.15, 0.2) is 0 Å². The normalized spacial score (nSPS) is 12.0. The number of hydrogen-bond acceptors (Lipinski definition) is 5. The Morgan fingerprint density at radius 2 is 1.92 bits per heavy atom. The first kappa shape index (κ1) is 14.4. The molecule has 6 nitrogen and oxygen atoms in total. The van der Waals surface area contributed by atoms with Crippen LogP contribution in [0, 0.1) is 0 Å². The fourth-order valence-corrected chi connectivity index (χ4v) is 2.22. The van der Waals surface area contributed by atoms with Gasteiger partial charge in [0.1, 0.15) is 11.3 Å². The maximum absolute atomic E-state index is 12.6. The van der Waals surface area contributed by atoms with E-state index in [0.717, 1.165) is 5.65 Å². The monoisotopic (exact) mass is 331 g/mol. The van der Waals surface area contributed by atoms with Crippen LogP contribution in [0.15, 0.2) is 53.4 Å². The molecule has 0 bridgehead atoms. The molecule has 0 fully saturated rings. The van der Waals surface area contributed by atoms with E-state index in [9.17, 15) is 13.2 Å². The van der Waals surface area contributed by atoms with Gasteiger partial charge in [-0.15, -0.1) is 0 Å². The van der Waals surface area contributed by atoms with Gasteiger partial charge < -0.3 is 8.92 Å². The van der Waals surface area contributed by atoms with Crippen molar-refractivity contribution >= 4 is 5.65 Å². The summed E-state index contributed by atoms with van der Waals surface area (Å²) < 4.78 is 43.7. The predicted molar refractivity (Wildman–Crippen MR) is 76.7 cm³/mol. The van der Waals surface area contributed by atoms with Gasteiger partial charge in [0, 0.05) is 24.2 Å². The molecule has 0 aromatic carbocycles. The Balaban J connectivity index is 1.74. The average molecular weight is 331 g/mol. The van der Waals surface area contributed by atoms with E-state index >= 15 is 0 Å². The third-order valence-corrected chi connectivity index (χ3v) is 3.31. The van der Waals surface area contributed by atoms with E-state index in [1.165, 1.54) is 12.3 Å². The van der Waals surface area contributed by atoms with Crippen LogP contribution in [0.1, 0.15) is 5.89 Å². The Kier molecular flexibility index (Phi) is 3.08. The van der Waals surface area contributed by atoms with E-state index in [2.05, 4.69) is 24.6 Å². The third kappa shape index (κ3) is 2.49. The summed E-state index contributed by atoms with van der Waals surface area (Å²) in [6.07, 6.45) is 0.393. The van der Waals surface area contributed by atoms with Crippen molar-refractivity contribution in [2.24, 2.45) is 0 Å². The van der Waals surface area contributed by atoms with Crippen LogP contribution in [-0.2, 0) is 6.18 Å². The van der Waals surface area contributed by atoms with E-state index in [-0.39, 0.29) is 5.82 Å². The maximum Gasteiger partial charge on any atom is 0.471 e. The highest BCUT2D eigenvalue weighted by atomic mass is 19.4. The SMILES string of the molecule is FC(F)(F)c1nc(-c2ccnc(-c3cn4ccccc4n3)c2)no1. The Hall–Kier alpha value is -3.23. The summed E-state index contributed by atoms with van der Waals surface area (Å²) in [6.45, 7) is 0. The second kappa shape index (κ2) is 5.15. The molecule has 0 N–H and O–H groups in total. The standard InChI is InChI=1S/C15H8F3N5O/c16-15(17,18)14-21-13(22-24-14)9-4-5-19-10(7-9)11-8-23-6-2-1-3-12(23)20-11/h1-8H. The molecule has 0 amide bonds. The quantitative estimate of drug-likeness (QED) is 0.562. The topological polar surface area (TPSA) is 69.1 Å². The second-order valence-corrected chi connectivity index (χ2v) is 4.94. The van der Waals surface area contributed by atoms with Crippen LogP contribution in [0.2, 0.25) is 0 Å². The minimum atomic E-state index is -4.68. The summed E-state index contributed by atoms with van der Waals surface area (Å²) in [6, 6.07) is 8.62. The zero-order chi connectivity index (χ0) is 16.7. The molecule has 9 heteroatoms. The number of hydrogen-bond donors (Lipinski definition) is 0. The van der Waals surface area contributed by atoms with Crippen molar-refractivity contribution in [1.82, 2.24) is 24.5 Å². The number of alkyl halides is 3. The number of pyridine rings is 2. The highest BCUT2D eigenvalue weighted by Gasteiger charge is 2.38. The van der Waals surface area contributed by atoms with Gasteiger partial charge in [-0.25, -0.2) is 4.98 Å². The molecule has 4 rings (SSSR count). The molecule has 0 saturated carbocycles. The van der Waals surface area contributed by atoms with Crippen LogP contribution in [0.25, 0.3) is 28.4 Å². The lowest BCUT2D eigenvalue weighted by molar-refractivity contribution is -0.159. The third-order valence-electron chi connectivity index (χ3n) is 3.31. The second-order valence-electron chi connectivity index (χ2n) is 4.94. The molecule has 0 spiro atoms. The molecular weight excluding hydrogens is 323 g/mol. The number of fused-ring (bicyclic) bond motifs is 1. The molecule has 0 radical (unpaired) electrons. The smallest absolute Gasteiger partial charge is 0.329 e. The maximum atomic E-state index is 12.6. The van der Waals surface area contributed by atoms with Gasteiger partial charge in [0.2, 0.25) is 5.82 Å². The Morgan fingerprint density at radius 1 is 1.04 bits per heavy atom. The molecule has 4 aromatic rings. The van der Waals surface area contributed by atoms with Gasteiger partial charge in [0.05, 0.1) is 5.69 Å². The lowest BCUT2D eigenvalue weighted by Crippen LogP contribution is -2.04. The van der Waals surface area contributed by atoms with Crippen LogP contribution >= 0.6 is 0 Å². The van der Waals surface area contributed by atoms with Crippen LogP contribution in [0.5, 0.6) is 0 Å². The van der Waals surface area contributed by atoms with Crippen molar-refractivity contribution in [1.29, 1.82) is 0 Å². The lowest BCUT2D eigenvalue weighted by Gasteiger charge is -1.98. The molecule has 0 unspecified atom stereocenters. The molecule has 120 valence electrons. The number of halogens is 3. The zero-order valence-electron chi connectivity index (χ0n) is 11.9. The molecule has 0 aliphatic rings. The number of nitrogens with zero attached hydrogens (tertiary/aromatic N) is 5. The van der Waals surface area contributed by atoms with Crippen molar-refractivity contribution < 1.29 is 17.7 Å². The van der Waals surface area contributed by atoms with Crippen LogP contribution in [0.4, 0.5) is 13.2 Å². The van der Waals surface area contributed by atoms with E-state index in [0.29, 0.717) is 17.0 Å². The predicted octanol–water partition coefficient (Wildman–Crippen LogP) is 3.47. The van der Waals surface area contributed by atoms with Crippen LogP contribution in [-0.4, -0.2) is 24.5 Å². The minimum absolute atomic E-state index is 0.158. The summed E-state index contributed by atoms with van der Waals surface area (Å²) >= 11 is 0. The summed E-state index contributed by atoms with van der Waals surface area (Å²) in [5, 5.41) is 3.37.